The number of ether oxygens (including phenoxy) is 1. The van der Waals surface area contributed by atoms with E-state index in [0.717, 1.165) is 31.9 Å². The molecule has 0 aliphatic carbocycles. The van der Waals surface area contributed by atoms with Gasteiger partial charge < -0.3 is 14.6 Å². The molecular weight excluding hydrogens is 262 g/mol. The Labute approximate surface area is 125 Å². The average Bonchev–Trinajstić information content (AvgIpc) is 3.16. The second kappa shape index (κ2) is 4.88. The smallest absolute Gasteiger partial charge is 0.124 e. The van der Waals surface area contributed by atoms with Crippen LogP contribution in [0.3, 0.4) is 0 Å². The fraction of sp³-hybridized carbons (Fsp3) is 0.471. The van der Waals surface area contributed by atoms with Crippen LogP contribution in [0.15, 0.2) is 36.8 Å². The van der Waals surface area contributed by atoms with Gasteiger partial charge in [0.15, 0.2) is 0 Å². The predicted octanol–water partition coefficient (Wildman–Crippen LogP) is 2.51. The van der Waals surface area contributed by atoms with Crippen molar-refractivity contribution in [1.82, 2.24) is 14.9 Å². The number of hydrogen-bond donors (Lipinski definition) is 1. The van der Waals surface area contributed by atoms with E-state index in [4.69, 9.17) is 4.74 Å². The van der Waals surface area contributed by atoms with E-state index >= 15 is 0 Å². The van der Waals surface area contributed by atoms with Gasteiger partial charge in [-0.25, -0.2) is 4.98 Å². The van der Waals surface area contributed by atoms with Crippen LogP contribution in [0.2, 0.25) is 0 Å². The molecule has 2 aliphatic rings. The highest BCUT2D eigenvalue weighted by atomic mass is 16.5. The molecule has 2 atom stereocenters. The minimum Gasteiger partial charge on any atom is -0.493 e. The summed E-state index contributed by atoms with van der Waals surface area (Å²) in [6, 6.07) is 8.72. The topological polar surface area (TPSA) is 39.1 Å². The molecule has 0 spiro atoms. The first-order valence-electron chi connectivity index (χ1n) is 7.73. The quantitative estimate of drug-likeness (QED) is 0.920. The largest absolute Gasteiger partial charge is 0.493 e. The van der Waals surface area contributed by atoms with E-state index in [1.807, 2.05) is 18.6 Å². The minimum absolute atomic E-state index is 0.184. The van der Waals surface area contributed by atoms with Gasteiger partial charge in [0.1, 0.15) is 5.75 Å². The Morgan fingerprint density at radius 2 is 2.29 bits per heavy atom. The van der Waals surface area contributed by atoms with E-state index in [0.29, 0.717) is 6.04 Å². The predicted molar refractivity (Wildman–Crippen MR) is 81.8 cm³/mol. The molecule has 0 radical (unpaired) electrons. The summed E-state index contributed by atoms with van der Waals surface area (Å²) in [5.41, 5.74) is 2.80. The molecule has 1 saturated heterocycles. The molecule has 1 aromatic carbocycles. The van der Waals surface area contributed by atoms with Crippen LogP contribution in [0.25, 0.3) is 0 Å². The van der Waals surface area contributed by atoms with Crippen LogP contribution in [0.1, 0.15) is 37.1 Å². The molecule has 1 N–H and O–H groups in total. The van der Waals surface area contributed by atoms with Crippen molar-refractivity contribution in [3.8, 4) is 5.75 Å². The lowest BCUT2D eigenvalue weighted by Gasteiger charge is -2.32. The van der Waals surface area contributed by atoms with E-state index in [1.165, 1.54) is 17.7 Å². The third-order valence-electron chi connectivity index (χ3n) is 4.92. The number of fused-ring (bicyclic) bond motifs is 1. The van der Waals surface area contributed by atoms with Gasteiger partial charge in [-0.1, -0.05) is 25.1 Å². The van der Waals surface area contributed by atoms with Crippen molar-refractivity contribution in [3.05, 3.63) is 48.0 Å². The summed E-state index contributed by atoms with van der Waals surface area (Å²) in [7, 11) is 0. The van der Waals surface area contributed by atoms with Gasteiger partial charge in [-0.15, -0.1) is 0 Å². The van der Waals surface area contributed by atoms with E-state index in [9.17, 15) is 0 Å². The Balaban J connectivity index is 1.77. The molecular formula is C17H21N3O. The normalized spacial score (nSPS) is 28.1. The van der Waals surface area contributed by atoms with Gasteiger partial charge in [0.2, 0.25) is 0 Å². The van der Waals surface area contributed by atoms with Gasteiger partial charge in [-0.2, -0.15) is 0 Å². The van der Waals surface area contributed by atoms with Crippen LogP contribution < -0.4 is 10.1 Å². The van der Waals surface area contributed by atoms with Crippen molar-refractivity contribution in [2.75, 3.05) is 19.7 Å². The van der Waals surface area contributed by atoms with Crippen molar-refractivity contribution in [2.45, 2.75) is 31.2 Å². The second-order valence-corrected chi connectivity index (χ2v) is 6.36. The van der Waals surface area contributed by atoms with Crippen LogP contribution in [-0.2, 0) is 5.41 Å². The fourth-order valence-electron chi connectivity index (χ4n) is 3.67. The van der Waals surface area contributed by atoms with Crippen molar-refractivity contribution in [3.63, 3.8) is 0 Å². The van der Waals surface area contributed by atoms with E-state index in [-0.39, 0.29) is 5.41 Å². The van der Waals surface area contributed by atoms with Crippen molar-refractivity contribution in [2.24, 2.45) is 0 Å². The van der Waals surface area contributed by atoms with Gasteiger partial charge in [0, 0.05) is 35.8 Å². The standard InChI is InChI=1S/C17H21N3O/c1-17(7-8-18-11-17)16-10-19-12-20(16)14-6-9-21-15-5-3-2-4-13(14)15/h2-5,10,12,14,18H,6-9,11H2,1H3. The highest BCUT2D eigenvalue weighted by Gasteiger charge is 2.35. The third-order valence-corrected chi connectivity index (χ3v) is 4.92. The molecule has 2 unspecified atom stereocenters. The molecule has 110 valence electrons. The van der Waals surface area contributed by atoms with Gasteiger partial charge in [-0.05, 0) is 19.0 Å². The van der Waals surface area contributed by atoms with Crippen LogP contribution in [0.4, 0.5) is 0 Å². The maximum Gasteiger partial charge on any atom is 0.124 e. The number of para-hydroxylation sites is 1. The monoisotopic (exact) mass is 283 g/mol. The first kappa shape index (κ1) is 12.9. The molecule has 3 heterocycles. The number of aromatic nitrogens is 2. The molecule has 1 aromatic heterocycles. The van der Waals surface area contributed by atoms with Crippen LogP contribution >= 0.6 is 0 Å². The lowest BCUT2D eigenvalue weighted by Crippen LogP contribution is -2.30. The number of benzene rings is 1. The number of nitrogens with zero attached hydrogens (tertiary/aromatic N) is 2. The highest BCUT2D eigenvalue weighted by Crippen LogP contribution is 2.38. The highest BCUT2D eigenvalue weighted by molar-refractivity contribution is 5.38. The van der Waals surface area contributed by atoms with Crippen LogP contribution in [0, 0.1) is 0 Å². The molecule has 4 heteroatoms. The summed E-state index contributed by atoms with van der Waals surface area (Å²) < 4.78 is 8.17. The zero-order chi connectivity index (χ0) is 14.3. The minimum atomic E-state index is 0.184. The lowest BCUT2D eigenvalue weighted by atomic mass is 9.85. The van der Waals surface area contributed by atoms with Crippen LogP contribution in [0.5, 0.6) is 5.75 Å². The lowest BCUT2D eigenvalue weighted by molar-refractivity contribution is 0.252. The van der Waals surface area contributed by atoms with Crippen molar-refractivity contribution >= 4 is 0 Å². The molecule has 0 bridgehead atoms. The summed E-state index contributed by atoms with van der Waals surface area (Å²) in [5, 5.41) is 3.48. The van der Waals surface area contributed by atoms with Crippen molar-refractivity contribution in [1.29, 1.82) is 0 Å². The maximum atomic E-state index is 5.80. The number of hydrogen-bond acceptors (Lipinski definition) is 3. The Morgan fingerprint density at radius 3 is 3.14 bits per heavy atom. The Bertz CT molecular complexity index is 643. The number of imidazole rings is 1. The van der Waals surface area contributed by atoms with Gasteiger partial charge in [0.05, 0.1) is 19.0 Å². The molecule has 0 saturated carbocycles. The van der Waals surface area contributed by atoms with Crippen LogP contribution in [-0.4, -0.2) is 29.2 Å². The average molecular weight is 283 g/mol. The summed E-state index contributed by atoms with van der Waals surface area (Å²) in [6.45, 7) is 5.23. The zero-order valence-electron chi connectivity index (χ0n) is 12.4. The van der Waals surface area contributed by atoms with Crippen molar-refractivity contribution < 1.29 is 4.74 Å². The van der Waals surface area contributed by atoms with Gasteiger partial charge >= 0.3 is 0 Å². The molecule has 4 nitrogen and oxygen atoms in total. The molecule has 21 heavy (non-hydrogen) atoms. The number of nitrogens with one attached hydrogen (secondary N) is 1. The first-order valence-corrected chi connectivity index (χ1v) is 7.73. The van der Waals surface area contributed by atoms with Gasteiger partial charge in [0.25, 0.3) is 0 Å². The Morgan fingerprint density at radius 1 is 1.38 bits per heavy atom. The molecule has 0 amide bonds. The molecule has 4 rings (SSSR count). The maximum absolute atomic E-state index is 5.80. The second-order valence-electron chi connectivity index (χ2n) is 6.36. The van der Waals surface area contributed by atoms with Gasteiger partial charge in [-0.3, -0.25) is 0 Å². The Kier molecular flexibility index (Phi) is 3.00. The molecule has 2 aromatic rings. The van der Waals surface area contributed by atoms with E-state index < -0.39 is 0 Å². The molecule has 2 aliphatic heterocycles. The van der Waals surface area contributed by atoms with E-state index in [1.54, 1.807) is 0 Å². The first-order chi connectivity index (χ1) is 10.3. The fourth-order valence-corrected chi connectivity index (χ4v) is 3.67. The summed E-state index contributed by atoms with van der Waals surface area (Å²) >= 11 is 0. The zero-order valence-corrected chi connectivity index (χ0v) is 12.4. The van der Waals surface area contributed by atoms with E-state index in [2.05, 4.69) is 40.0 Å². The SMILES string of the molecule is CC1(c2cncn2C2CCOc3ccccc32)CCNC1. The Hall–Kier alpha value is -1.81. The summed E-state index contributed by atoms with van der Waals surface area (Å²) in [5.74, 6) is 1.02. The summed E-state index contributed by atoms with van der Waals surface area (Å²) in [4.78, 5) is 4.45. The number of rotatable bonds is 2. The third kappa shape index (κ3) is 2.05. The molecule has 1 fully saturated rings. The summed E-state index contributed by atoms with van der Waals surface area (Å²) in [6.07, 6.45) is 6.21.